The van der Waals surface area contributed by atoms with Gasteiger partial charge in [0.25, 0.3) is 5.91 Å². The largest absolute Gasteiger partial charge is 0.322 e. The minimum absolute atomic E-state index is 0.0961. The maximum absolute atomic E-state index is 12.5. The molecule has 0 spiro atoms. The average Bonchev–Trinajstić information content (AvgIpc) is 3.37. The van der Waals surface area contributed by atoms with Crippen LogP contribution in [0.3, 0.4) is 0 Å². The van der Waals surface area contributed by atoms with Crippen LogP contribution in [0, 0.1) is 0 Å². The van der Waals surface area contributed by atoms with Gasteiger partial charge in [0, 0.05) is 22.8 Å². The van der Waals surface area contributed by atoms with Gasteiger partial charge in [0.05, 0.1) is 11.1 Å². The number of aromatic nitrogens is 3. The Labute approximate surface area is 160 Å². The van der Waals surface area contributed by atoms with Gasteiger partial charge in [-0.3, -0.25) is 4.79 Å². The summed E-state index contributed by atoms with van der Waals surface area (Å²) >= 11 is 3.92. The molecule has 1 aliphatic heterocycles. The van der Waals surface area contributed by atoms with E-state index >= 15 is 0 Å². The molecule has 2 heterocycles. The van der Waals surface area contributed by atoms with Gasteiger partial charge in [0.2, 0.25) is 0 Å². The minimum Gasteiger partial charge on any atom is -0.322 e. The molecule has 3 aromatic rings. The molecule has 1 saturated heterocycles. The van der Waals surface area contributed by atoms with Crippen molar-refractivity contribution in [2.45, 2.75) is 11.1 Å². The molecule has 0 saturated carbocycles. The number of carbonyl (C=O) groups is 1. The Kier molecular flexibility index (Phi) is 5.26. The molecule has 0 radical (unpaired) electrons. The fourth-order valence-electron chi connectivity index (χ4n) is 2.78. The highest BCUT2D eigenvalue weighted by Gasteiger charge is 2.18. The first kappa shape index (κ1) is 17.2. The average molecular weight is 383 g/mol. The lowest BCUT2D eigenvalue weighted by molar-refractivity contribution is 0.102. The van der Waals surface area contributed by atoms with E-state index in [1.165, 1.54) is 23.4 Å². The fraction of sp³-hybridized carbons (Fsp3) is 0.211. The van der Waals surface area contributed by atoms with Gasteiger partial charge in [-0.25, -0.2) is 9.67 Å². The van der Waals surface area contributed by atoms with Gasteiger partial charge < -0.3 is 5.32 Å². The molecule has 5 nitrogen and oxygen atoms in total. The number of hydrogen-bond donors (Lipinski definition) is 1. The molecule has 0 atom stereocenters. The van der Waals surface area contributed by atoms with E-state index in [1.54, 1.807) is 11.0 Å². The van der Waals surface area contributed by atoms with Crippen LogP contribution >= 0.6 is 23.5 Å². The molecular formula is C19H18N4OS2. The topological polar surface area (TPSA) is 59.8 Å². The lowest BCUT2D eigenvalue weighted by Crippen LogP contribution is -2.12. The Bertz CT molecular complexity index is 875. The Hall–Kier alpha value is -2.25. The quantitative estimate of drug-likeness (QED) is 0.721. The lowest BCUT2D eigenvalue weighted by atomic mass is 10.1. The predicted octanol–water partition coefficient (Wildman–Crippen LogP) is 4.06. The van der Waals surface area contributed by atoms with E-state index in [-0.39, 0.29) is 5.91 Å². The van der Waals surface area contributed by atoms with Crippen molar-refractivity contribution >= 4 is 35.1 Å². The molecule has 7 heteroatoms. The van der Waals surface area contributed by atoms with Crippen LogP contribution in [0.5, 0.6) is 0 Å². The molecule has 1 fully saturated rings. The molecule has 0 unspecified atom stereocenters. The van der Waals surface area contributed by atoms with Gasteiger partial charge in [0.1, 0.15) is 12.7 Å². The fourth-order valence-corrected chi connectivity index (χ4v) is 5.62. The summed E-state index contributed by atoms with van der Waals surface area (Å²) in [6.07, 6.45) is 3.19. The second kappa shape index (κ2) is 7.97. The van der Waals surface area contributed by atoms with Crippen molar-refractivity contribution in [3.8, 4) is 0 Å². The van der Waals surface area contributed by atoms with Crippen molar-refractivity contribution in [1.82, 2.24) is 14.8 Å². The van der Waals surface area contributed by atoms with Crippen molar-refractivity contribution in [2.75, 3.05) is 16.8 Å². The summed E-state index contributed by atoms with van der Waals surface area (Å²) in [6.45, 7) is 0.640. The number of nitrogens with zero attached hydrogens (tertiary/aromatic N) is 3. The zero-order chi connectivity index (χ0) is 17.8. The summed E-state index contributed by atoms with van der Waals surface area (Å²) < 4.78 is 2.22. The van der Waals surface area contributed by atoms with Gasteiger partial charge in [-0.05, 0) is 35.4 Å². The molecule has 26 heavy (non-hydrogen) atoms. The Morgan fingerprint density at radius 3 is 2.69 bits per heavy atom. The molecule has 1 amide bonds. The summed E-state index contributed by atoms with van der Waals surface area (Å²) in [5, 5.41) is 7.09. The molecule has 2 aromatic carbocycles. The molecule has 0 aliphatic carbocycles. The van der Waals surface area contributed by atoms with Crippen LogP contribution in [-0.4, -0.2) is 32.2 Å². The second-order valence-corrected chi connectivity index (χ2v) is 8.67. The van der Waals surface area contributed by atoms with Crippen molar-refractivity contribution < 1.29 is 4.79 Å². The Balaban J connectivity index is 1.42. The van der Waals surface area contributed by atoms with Crippen LogP contribution in [0.2, 0.25) is 0 Å². The van der Waals surface area contributed by atoms with Gasteiger partial charge in [-0.2, -0.15) is 5.10 Å². The highest BCUT2D eigenvalue weighted by atomic mass is 32.2. The highest BCUT2D eigenvalue weighted by Crippen LogP contribution is 2.45. The zero-order valence-electron chi connectivity index (χ0n) is 14.0. The Morgan fingerprint density at radius 2 is 1.96 bits per heavy atom. The first-order valence-corrected chi connectivity index (χ1v) is 10.4. The van der Waals surface area contributed by atoms with E-state index in [4.69, 9.17) is 0 Å². The van der Waals surface area contributed by atoms with Crippen LogP contribution in [0.15, 0.2) is 61.2 Å². The molecule has 0 bridgehead atoms. The van der Waals surface area contributed by atoms with Crippen molar-refractivity contribution in [1.29, 1.82) is 0 Å². The summed E-state index contributed by atoms with van der Waals surface area (Å²) in [4.78, 5) is 16.5. The number of amides is 1. The van der Waals surface area contributed by atoms with E-state index < -0.39 is 0 Å². The zero-order valence-corrected chi connectivity index (χ0v) is 15.7. The summed E-state index contributed by atoms with van der Waals surface area (Å²) in [7, 11) is 0. The number of anilines is 1. The SMILES string of the molecule is O=C(Nc1cccc(C2SCCS2)c1)c1ccc(Cn2cncn2)cc1. The van der Waals surface area contributed by atoms with Crippen LogP contribution < -0.4 is 5.32 Å². The van der Waals surface area contributed by atoms with Crippen molar-refractivity contribution in [2.24, 2.45) is 0 Å². The second-order valence-electron chi connectivity index (χ2n) is 5.94. The van der Waals surface area contributed by atoms with E-state index in [0.29, 0.717) is 16.7 Å². The number of thioether (sulfide) groups is 2. The van der Waals surface area contributed by atoms with E-state index in [2.05, 4.69) is 27.5 Å². The van der Waals surface area contributed by atoms with Gasteiger partial charge in [0.15, 0.2) is 0 Å². The number of hydrogen-bond acceptors (Lipinski definition) is 5. The van der Waals surface area contributed by atoms with Crippen LogP contribution in [-0.2, 0) is 6.54 Å². The van der Waals surface area contributed by atoms with Gasteiger partial charge in [-0.15, -0.1) is 23.5 Å². The van der Waals surface area contributed by atoms with Crippen molar-refractivity contribution in [3.05, 3.63) is 77.9 Å². The number of nitrogens with one attached hydrogen (secondary N) is 1. The maximum Gasteiger partial charge on any atom is 0.255 e. The number of carbonyl (C=O) groups excluding carboxylic acids is 1. The third kappa shape index (κ3) is 4.11. The predicted molar refractivity (Wildman–Crippen MR) is 108 cm³/mol. The molecule has 1 aromatic heterocycles. The van der Waals surface area contributed by atoms with E-state index in [0.717, 1.165) is 11.3 Å². The first-order chi connectivity index (χ1) is 12.8. The van der Waals surface area contributed by atoms with Gasteiger partial charge >= 0.3 is 0 Å². The number of benzene rings is 2. The van der Waals surface area contributed by atoms with Crippen molar-refractivity contribution in [3.63, 3.8) is 0 Å². The standard InChI is InChI=1S/C19H18N4OS2/c24-18(15-6-4-14(5-7-15)11-23-13-20-12-21-23)22-17-3-1-2-16(10-17)19-25-8-9-26-19/h1-7,10,12-13,19H,8-9,11H2,(H,22,24). The molecule has 1 aliphatic rings. The monoisotopic (exact) mass is 382 g/mol. The summed E-state index contributed by atoms with van der Waals surface area (Å²) in [5.74, 6) is 2.28. The van der Waals surface area contributed by atoms with Crippen LogP contribution in [0.4, 0.5) is 5.69 Å². The molecular weight excluding hydrogens is 364 g/mol. The highest BCUT2D eigenvalue weighted by molar-refractivity contribution is 8.19. The molecule has 132 valence electrons. The minimum atomic E-state index is -0.0961. The summed E-state index contributed by atoms with van der Waals surface area (Å²) in [5.41, 5.74) is 3.82. The van der Waals surface area contributed by atoms with Crippen LogP contribution in [0.25, 0.3) is 0 Å². The summed E-state index contributed by atoms with van der Waals surface area (Å²) in [6, 6.07) is 15.7. The smallest absolute Gasteiger partial charge is 0.255 e. The van der Waals surface area contributed by atoms with E-state index in [1.807, 2.05) is 59.9 Å². The Morgan fingerprint density at radius 1 is 1.15 bits per heavy atom. The normalized spacial score (nSPS) is 14.5. The maximum atomic E-state index is 12.5. The third-order valence-corrected chi connectivity index (χ3v) is 7.17. The van der Waals surface area contributed by atoms with Gasteiger partial charge in [-0.1, -0.05) is 24.3 Å². The molecule has 1 N–H and O–H groups in total. The third-order valence-electron chi connectivity index (χ3n) is 4.07. The lowest BCUT2D eigenvalue weighted by Gasteiger charge is -2.11. The van der Waals surface area contributed by atoms with E-state index in [9.17, 15) is 4.79 Å². The number of rotatable bonds is 5. The van der Waals surface area contributed by atoms with Crippen LogP contribution in [0.1, 0.15) is 26.1 Å². The first-order valence-electron chi connectivity index (χ1n) is 8.34. The molecule has 4 rings (SSSR count).